The maximum Gasteiger partial charge on any atom is 0.280 e. The third-order valence-electron chi connectivity index (χ3n) is 9.78. The molecule has 8 rings (SSSR count). The van der Waals surface area contributed by atoms with Crippen LogP contribution < -0.4 is 21.5 Å². The molecule has 1 atom stereocenters. The molecule has 244 valence electrons. The van der Waals surface area contributed by atoms with Crippen LogP contribution in [0.2, 0.25) is 0 Å². The van der Waals surface area contributed by atoms with Gasteiger partial charge in [-0.3, -0.25) is 9.36 Å². The number of benzene rings is 6. The Labute approximate surface area is 292 Å². The SMILES string of the molecule is CC(C)n1c(C(c2ccc(F)cc2)[P+](c2ccccc2)(c2ccccc2)c2ccccc2)cc2c3ccccc3n(-c3ccccc3)c(=O)c21. The van der Waals surface area contributed by atoms with Crippen LogP contribution in [0.3, 0.4) is 0 Å². The van der Waals surface area contributed by atoms with E-state index in [9.17, 15) is 4.39 Å². The van der Waals surface area contributed by atoms with E-state index in [-0.39, 0.29) is 23.1 Å². The molecular weight excluding hydrogens is 634 g/mol. The zero-order valence-corrected chi connectivity index (χ0v) is 28.9. The number of rotatable bonds is 8. The van der Waals surface area contributed by atoms with Crippen LogP contribution in [-0.4, -0.2) is 9.13 Å². The molecule has 0 N–H and O–H groups in total. The first kappa shape index (κ1) is 31.7. The lowest BCUT2D eigenvalue weighted by molar-refractivity contribution is 0.595. The number of hydrogen-bond donors (Lipinski definition) is 0. The van der Waals surface area contributed by atoms with E-state index in [0.717, 1.165) is 33.2 Å². The van der Waals surface area contributed by atoms with E-state index in [0.29, 0.717) is 5.52 Å². The molecule has 6 aromatic carbocycles. The summed E-state index contributed by atoms with van der Waals surface area (Å²) in [6, 6.07) is 59.6. The minimum absolute atomic E-state index is 0.0623. The van der Waals surface area contributed by atoms with Crippen LogP contribution in [0, 0.1) is 5.82 Å². The van der Waals surface area contributed by atoms with Crippen molar-refractivity contribution in [1.82, 2.24) is 9.13 Å². The molecule has 1 unspecified atom stereocenters. The fourth-order valence-corrected chi connectivity index (χ4v) is 12.7. The number of hydrogen-bond acceptors (Lipinski definition) is 1. The Hall–Kier alpha value is -5.57. The lowest BCUT2D eigenvalue weighted by Gasteiger charge is -2.36. The summed E-state index contributed by atoms with van der Waals surface area (Å²) in [6.45, 7) is 4.31. The van der Waals surface area contributed by atoms with Gasteiger partial charge in [-0.2, -0.15) is 0 Å². The van der Waals surface area contributed by atoms with Crippen LogP contribution in [0.4, 0.5) is 4.39 Å². The third kappa shape index (κ3) is 5.11. The Morgan fingerprint density at radius 2 is 1.04 bits per heavy atom. The highest BCUT2D eigenvalue weighted by Crippen LogP contribution is 2.69. The normalized spacial score (nSPS) is 12.5. The molecule has 0 aliphatic carbocycles. The van der Waals surface area contributed by atoms with Crippen molar-refractivity contribution in [3.63, 3.8) is 0 Å². The van der Waals surface area contributed by atoms with Gasteiger partial charge in [-0.15, -0.1) is 0 Å². The summed E-state index contributed by atoms with van der Waals surface area (Å²) in [6.07, 6.45) is 0. The predicted molar refractivity (Wildman–Crippen MR) is 209 cm³/mol. The lowest BCUT2D eigenvalue weighted by atomic mass is 10.1. The fraction of sp³-hybridized carbons (Fsp3) is 0.0889. The number of para-hydroxylation sites is 2. The van der Waals surface area contributed by atoms with Gasteiger partial charge in [0, 0.05) is 22.5 Å². The first-order valence-corrected chi connectivity index (χ1v) is 18.9. The quantitative estimate of drug-likeness (QED) is 0.148. The third-order valence-corrected chi connectivity index (χ3v) is 14.5. The van der Waals surface area contributed by atoms with Crippen LogP contribution in [0.25, 0.3) is 27.5 Å². The minimum Gasteiger partial charge on any atom is -0.334 e. The molecule has 5 heteroatoms. The summed E-state index contributed by atoms with van der Waals surface area (Å²) in [5, 5.41) is 5.55. The Balaban J connectivity index is 1.59. The van der Waals surface area contributed by atoms with Crippen molar-refractivity contribution in [2.45, 2.75) is 25.5 Å². The van der Waals surface area contributed by atoms with Crippen molar-refractivity contribution < 1.29 is 4.39 Å². The monoisotopic (exact) mass is 671 g/mol. The van der Waals surface area contributed by atoms with Gasteiger partial charge in [0.05, 0.1) is 11.2 Å². The average molecular weight is 672 g/mol. The fourth-order valence-electron chi connectivity index (χ4n) is 7.80. The smallest absolute Gasteiger partial charge is 0.280 e. The largest absolute Gasteiger partial charge is 0.334 e. The van der Waals surface area contributed by atoms with E-state index in [4.69, 9.17) is 0 Å². The number of pyridine rings is 1. The molecule has 2 aromatic heterocycles. The maximum absolute atomic E-state index is 15.0. The van der Waals surface area contributed by atoms with Crippen molar-refractivity contribution in [3.05, 3.63) is 203 Å². The van der Waals surface area contributed by atoms with Crippen molar-refractivity contribution >= 4 is 45.0 Å². The van der Waals surface area contributed by atoms with E-state index in [1.165, 1.54) is 15.9 Å². The molecule has 2 heterocycles. The molecule has 3 nitrogen and oxygen atoms in total. The highest BCUT2D eigenvalue weighted by Gasteiger charge is 2.55. The highest BCUT2D eigenvalue weighted by atomic mass is 31.2. The minimum atomic E-state index is -2.64. The van der Waals surface area contributed by atoms with Gasteiger partial charge >= 0.3 is 0 Å². The highest BCUT2D eigenvalue weighted by molar-refractivity contribution is 7.96. The van der Waals surface area contributed by atoms with Crippen molar-refractivity contribution in [3.8, 4) is 5.69 Å². The Kier molecular flexibility index (Phi) is 8.26. The molecule has 50 heavy (non-hydrogen) atoms. The summed E-state index contributed by atoms with van der Waals surface area (Å²) in [5.41, 5.74) is 4.03. The molecular formula is C45H37FN2OP+. The molecule has 0 aliphatic rings. The molecule has 0 bridgehead atoms. The van der Waals surface area contributed by atoms with E-state index >= 15 is 4.79 Å². The first-order valence-electron chi connectivity index (χ1n) is 17.0. The lowest BCUT2D eigenvalue weighted by Crippen LogP contribution is -2.36. The predicted octanol–water partition coefficient (Wildman–Crippen LogP) is 9.75. The van der Waals surface area contributed by atoms with Crippen LogP contribution >= 0.6 is 7.26 Å². The maximum atomic E-state index is 15.0. The second kappa shape index (κ2) is 13.0. The van der Waals surface area contributed by atoms with Gasteiger partial charge in [-0.05, 0) is 92.2 Å². The van der Waals surface area contributed by atoms with E-state index in [1.807, 2.05) is 65.2 Å². The average Bonchev–Trinajstić information content (AvgIpc) is 3.57. The van der Waals surface area contributed by atoms with Crippen molar-refractivity contribution in [2.24, 2.45) is 0 Å². The molecule has 0 radical (unpaired) electrons. The number of fused-ring (bicyclic) bond motifs is 3. The Morgan fingerprint density at radius 1 is 0.560 bits per heavy atom. The standard InChI is InChI=1S/C45H37FN2OP/c1-32(2)47-42(31-40-39-25-15-16-26-41(39)48(45(49)43(40)47)35-17-7-3-8-18-35)44(33-27-29-34(46)30-28-33)50(36-19-9-4-10-20-36,37-21-11-5-12-22-37)38-23-13-6-14-24-38/h3-32,44H,1-2H3/q+1. The first-order chi connectivity index (χ1) is 24.5. The molecule has 0 saturated heterocycles. The second-order valence-electron chi connectivity index (χ2n) is 13.0. The Bertz CT molecular complexity index is 2380. The molecule has 0 aliphatic heterocycles. The van der Waals surface area contributed by atoms with Crippen molar-refractivity contribution in [1.29, 1.82) is 0 Å². The zero-order valence-electron chi connectivity index (χ0n) is 28.0. The van der Waals surface area contributed by atoms with Crippen molar-refractivity contribution in [2.75, 3.05) is 0 Å². The van der Waals surface area contributed by atoms with Gasteiger partial charge in [0.2, 0.25) is 0 Å². The van der Waals surface area contributed by atoms with Crippen LogP contribution in [0.15, 0.2) is 181 Å². The van der Waals surface area contributed by atoms with Gasteiger partial charge in [-0.1, -0.05) is 103 Å². The molecule has 0 saturated carbocycles. The van der Waals surface area contributed by atoms with Gasteiger partial charge < -0.3 is 4.57 Å². The summed E-state index contributed by atoms with van der Waals surface area (Å²) in [7, 11) is -2.64. The number of aromatic nitrogens is 2. The molecule has 0 amide bonds. The number of nitrogens with zero attached hydrogens (tertiary/aromatic N) is 2. The van der Waals surface area contributed by atoms with Gasteiger partial charge in [-0.25, -0.2) is 4.39 Å². The summed E-state index contributed by atoms with van der Waals surface area (Å²) < 4.78 is 18.9. The second-order valence-corrected chi connectivity index (χ2v) is 16.5. The van der Waals surface area contributed by atoms with Gasteiger partial charge in [0.1, 0.15) is 40.2 Å². The zero-order chi connectivity index (χ0) is 34.2. The summed E-state index contributed by atoms with van der Waals surface area (Å²) in [4.78, 5) is 15.0. The summed E-state index contributed by atoms with van der Waals surface area (Å²) in [5.74, 6) is -0.281. The van der Waals surface area contributed by atoms with Crippen LogP contribution in [0.5, 0.6) is 0 Å². The summed E-state index contributed by atoms with van der Waals surface area (Å²) >= 11 is 0. The molecule has 0 spiro atoms. The Morgan fingerprint density at radius 3 is 1.56 bits per heavy atom. The van der Waals surface area contributed by atoms with E-state index in [1.54, 1.807) is 12.1 Å². The topological polar surface area (TPSA) is 26.9 Å². The van der Waals surface area contributed by atoms with Gasteiger partial charge in [0.15, 0.2) is 0 Å². The van der Waals surface area contributed by atoms with E-state index in [2.05, 4.69) is 122 Å². The van der Waals surface area contributed by atoms with E-state index < -0.39 is 7.26 Å². The molecule has 8 aromatic rings. The molecule has 0 fully saturated rings. The van der Waals surface area contributed by atoms with Crippen LogP contribution in [0.1, 0.15) is 36.8 Å². The van der Waals surface area contributed by atoms with Gasteiger partial charge in [0.25, 0.3) is 5.56 Å². The number of halogens is 1. The van der Waals surface area contributed by atoms with Crippen LogP contribution in [-0.2, 0) is 0 Å².